The van der Waals surface area contributed by atoms with Gasteiger partial charge in [0, 0.05) is 24.5 Å². The third-order valence-electron chi connectivity index (χ3n) is 3.00. The van der Waals surface area contributed by atoms with Gasteiger partial charge in [-0.25, -0.2) is 0 Å². The zero-order valence-corrected chi connectivity index (χ0v) is 11.0. The van der Waals surface area contributed by atoms with Crippen LogP contribution in [0.5, 0.6) is 5.75 Å². The Labute approximate surface area is 112 Å². The number of nitrogens with zero attached hydrogens (tertiary/aromatic N) is 1. The molecule has 100 valence electrons. The number of hydrogen-bond acceptors (Lipinski definition) is 3. The molecule has 1 aromatic heterocycles. The van der Waals surface area contributed by atoms with Gasteiger partial charge in [-0.2, -0.15) is 0 Å². The predicted molar refractivity (Wildman–Crippen MR) is 74.3 cm³/mol. The van der Waals surface area contributed by atoms with Crippen molar-refractivity contribution in [2.75, 3.05) is 12.4 Å². The van der Waals surface area contributed by atoms with Crippen LogP contribution in [-0.2, 0) is 13.6 Å². The molecule has 5 heteroatoms. The summed E-state index contributed by atoms with van der Waals surface area (Å²) >= 11 is 0. The second-order valence-electron chi connectivity index (χ2n) is 4.24. The van der Waals surface area contributed by atoms with Crippen molar-refractivity contribution in [3.05, 3.63) is 47.8 Å². The summed E-state index contributed by atoms with van der Waals surface area (Å²) in [6.07, 6.45) is 1.98. The fourth-order valence-electron chi connectivity index (χ4n) is 1.87. The Hall–Kier alpha value is -2.43. The Morgan fingerprint density at radius 1 is 1.42 bits per heavy atom. The number of nitrogens with two attached hydrogens (primary N) is 1. The van der Waals surface area contributed by atoms with Gasteiger partial charge in [-0.1, -0.05) is 0 Å². The summed E-state index contributed by atoms with van der Waals surface area (Å²) in [6.45, 7) is 0.641. The van der Waals surface area contributed by atoms with Crippen LogP contribution in [-0.4, -0.2) is 17.6 Å². The zero-order valence-electron chi connectivity index (χ0n) is 11.0. The van der Waals surface area contributed by atoms with Crippen LogP contribution >= 0.6 is 0 Å². The topological polar surface area (TPSA) is 69.3 Å². The highest BCUT2D eigenvalue weighted by Crippen LogP contribution is 2.25. The van der Waals surface area contributed by atoms with E-state index in [1.807, 2.05) is 29.9 Å². The number of amides is 1. The van der Waals surface area contributed by atoms with Gasteiger partial charge in [0.25, 0.3) is 0 Å². The molecule has 1 heterocycles. The highest BCUT2D eigenvalue weighted by atomic mass is 16.5. The lowest BCUT2D eigenvalue weighted by molar-refractivity contribution is 0.100. The summed E-state index contributed by atoms with van der Waals surface area (Å²) in [6, 6.07) is 9.08. The Morgan fingerprint density at radius 2 is 2.21 bits per heavy atom. The third kappa shape index (κ3) is 2.88. The molecular weight excluding hydrogens is 242 g/mol. The molecule has 2 rings (SSSR count). The second-order valence-corrected chi connectivity index (χ2v) is 4.24. The predicted octanol–water partition coefficient (Wildman–Crippen LogP) is 1.74. The van der Waals surface area contributed by atoms with Crippen molar-refractivity contribution in [2.24, 2.45) is 12.8 Å². The summed E-state index contributed by atoms with van der Waals surface area (Å²) in [5.74, 6) is 0.226. The van der Waals surface area contributed by atoms with E-state index in [9.17, 15) is 4.79 Å². The van der Waals surface area contributed by atoms with Crippen molar-refractivity contribution < 1.29 is 9.53 Å². The number of rotatable bonds is 5. The molecule has 0 atom stereocenters. The molecule has 0 radical (unpaired) electrons. The van der Waals surface area contributed by atoms with E-state index in [0.29, 0.717) is 17.9 Å². The average Bonchev–Trinajstić information content (AvgIpc) is 2.81. The Balaban J connectivity index is 2.20. The number of benzene rings is 1. The van der Waals surface area contributed by atoms with Crippen LogP contribution < -0.4 is 15.8 Å². The van der Waals surface area contributed by atoms with Gasteiger partial charge in [-0.15, -0.1) is 0 Å². The molecular formula is C14H17N3O2. The summed E-state index contributed by atoms with van der Waals surface area (Å²) < 4.78 is 7.28. The second kappa shape index (κ2) is 5.48. The minimum Gasteiger partial charge on any atom is -0.495 e. The van der Waals surface area contributed by atoms with Crippen LogP contribution in [0, 0.1) is 0 Å². The molecule has 0 fully saturated rings. The molecule has 0 aliphatic rings. The van der Waals surface area contributed by atoms with E-state index in [1.165, 1.54) is 0 Å². The van der Waals surface area contributed by atoms with Gasteiger partial charge in [0.15, 0.2) is 0 Å². The maximum atomic E-state index is 11.2. The zero-order chi connectivity index (χ0) is 13.8. The number of carbonyl (C=O) groups is 1. The van der Waals surface area contributed by atoms with Crippen molar-refractivity contribution in [3.63, 3.8) is 0 Å². The van der Waals surface area contributed by atoms with Crippen molar-refractivity contribution in [2.45, 2.75) is 6.54 Å². The van der Waals surface area contributed by atoms with Crippen molar-refractivity contribution in [1.82, 2.24) is 4.57 Å². The van der Waals surface area contributed by atoms with Crippen LogP contribution in [0.2, 0.25) is 0 Å². The van der Waals surface area contributed by atoms with Crippen LogP contribution in [0.1, 0.15) is 16.1 Å². The maximum absolute atomic E-state index is 11.2. The minimum absolute atomic E-state index is 0.454. The summed E-state index contributed by atoms with van der Waals surface area (Å²) in [4.78, 5) is 11.2. The van der Waals surface area contributed by atoms with Gasteiger partial charge in [0.2, 0.25) is 5.91 Å². The highest BCUT2D eigenvalue weighted by Gasteiger charge is 2.08. The van der Waals surface area contributed by atoms with E-state index in [-0.39, 0.29) is 0 Å². The number of aromatic nitrogens is 1. The largest absolute Gasteiger partial charge is 0.495 e. The van der Waals surface area contributed by atoms with E-state index in [2.05, 4.69) is 5.32 Å². The smallest absolute Gasteiger partial charge is 0.248 e. The van der Waals surface area contributed by atoms with Gasteiger partial charge < -0.3 is 20.4 Å². The Kier molecular flexibility index (Phi) is 3.75. The molecule has 5 nitrogen and oxygen atoms in total. The number of aryl methyl sites for hydroxylation is 1. The molecule has 2 aromatic rings. The van der Waals surface area contributed by atoms with Crippen LogP contribution in [0.15, 0.2) is 36.5 Å². The van der Waals surface area contributed by atoms with Crippen LogP contribution in [0.3, 0.4) is 0 Å². The molecule has 0 bridgehead atoms. The molecule has 0 saturated carbocycles. The first kappa shape index (κ1) is 13.0. The van der Waals surface area contributed by atoms with E-state index in [0.717, 1.165) is 11.4 Å². The van der Waals surface area contributed by atoms with Crippen molar-refractivity contribution >= 4 is 11.6 Å². The standard InChI is InChI=1S/C14H17N3O2/c1-17-7-3-4-11(17)9-16-12-8-10(14(15)18)5-6-13(12)19-2/h3-8,16H,9H2,1-2H3,(H2,15,18). The van der Waals surface area contributed by atoms with Gasteiger partial charge in [0.1, 0.15) is 5.75 Å². The number of hydrogen-bond donors (Lipinski definition) is 2. The van der Waals surface area contributed by atoms with Gasteiger partial charge in [-0.3, -0.25) is 4.79 Å². The first-order valence-corrected chi connectivity index (χ1v) is 5.93. The molecule has 19 heavy (non-hydrogen) atoms. The Morgan fingerprint density at radius 3 is 2.79 bits per heavy atom. The molecule has 0 spiro atoms. The monoisotopic (exact) mass is 259 g/mol. The van der Waals surface area contributed by atoms with E-state index >= 15 is 0 Å². The summed E-state index contributed by atoms with van der Waals surface area (Å²) in [5, 5.41) is 3.25. The van der Waals surface area contributed by atoms with Crippen LogP contribution in [0.25, 0.3) is 0 Å². The highest BCUT2D eigenvalue weighted by molar-refractivity contribution is 5.94. The number of carbonyl (C=O) groups excluding carboxylic acids is 1. The van der Waals surface area contributed by atoms with E-state index in [1.54, 1.807) is 25.3 Å². The number of primary amides is 1. The molecule has 1 aromatic carbocycles. The fraction of sp³-hybridized carbons (Fsp3) is 0.214. The fourth-order valence-corrected chi connectivity index (χ4v) is 1.87. The van der Waals surface area contributed by atoms with E-state index < -0.39 is 5.91 Å². The minimum atomic E-state index is -0.454. The lowest BCUT2D eigenvalue weighted by Crippen LogP contribution is -2.12. The molecule has 0 aliphatic heterocycles. The lowest BCUT2D eigenvalue weighted by atomic mass is 10.1. The van der Waals surface area contributed by atoms with Gasteiger partial charge >= 0.3 is 0 Å². The lowest BCUT2D eigenvalue weighted by Gasteiger charge is -2.12. The molecule has 1 amide bonds. The summed E-state index contributed by atoms with van der Waals surface area (Å²) in [5.41, 5.74) is 7.61. The SMILES string of the molecule is COc1ccc(C(N)=O)cc1NCc1cccn1C. The molecule has 0 aliphatic carbocycles. The number of nitrogens with one attached hydrogen (secondary N) is 1. The molecule has 0 saturated heterocycles. The number of anilines is 1. The van der Waals surface area contributed by atoms with Crippen molar-refractivity contribution in [3.8, 4) is 5.75 Å². The first-order valence-electron chi connectivity index (χ1n) is 5.93. The number of ether oxygens (including phenoxy) is 1. The molecule has 3 N–H and O–H groups in total. The third-order valence-corrected chi connectivity index (χ3v) is 3.00. The maximum Gasteiger partial charge on any atom is 0.248 e. The first-order chi connectivity index (χ1) is 9.11. The van der Waals surface area contributed by atoms with Crippen LogP contribution in [0.4, 0.5) is 5.69 Å². The average molecular weight is 259 g/mol. The van der Waals surface area contributed by atoms with E-state index in [4.69, 9.17) is 10.5 Å². The number of methoxy groups -OCH3 is 1. The van der Waals surface area contributed by atoms with Gasteiger partial charge in [0.05, 0.1) is 19.3 Å². The quantitative estimate of drug-likeness (QED) is 0.859. The Bertz CT molecular complexity index is 590. The summed E-state index contributed by atoms with van der Waals surface area (Å²) in [7, 11) is 3.57. The van der Waals surface area contributed by atoms with Crippen molar-refractivity contribution in [1.29, 1.82) is 0 Å². The van der Waals surface area contributed by atoms with Gasteiger partial charge in [-0.05, 0) is 30.3 Å². The molecule has 0 unspecified atom stereocenters. The normalized spacial score (nSPS) is 10.2.